The molecule has 2 aromatic carbocycles. The molecule has 3 nitrogen and oxygen atoms in total. The lowest BCUT2D eigenvalue weighted by molar-refractivity contribution is 0.301. The topological polar surface area (TPSA) is 44.5 Å². The molecular weight excluding hydrogens is 250 g/mol. The summed E-state index contributed by atoms with van der Waals surface area (Å²) in [5.74, 6) is 1.70. The van der Waals surface area contributed by atoms with Crippen LogP contribution in [0.3, 0.4) is 0 Å². The first-order chi connectivity index (χ1) is 9.60. The van der Waals surface area contributed by atoms with E-state index in [9.17, 15) is 0 Å². The number of methoxy groups -OCH3 is 1. The standard InChI is InChI=1S/C17H21NO2/c1-12-4-9-17(16(10-12)13(2)18)20-11-14-5-7-15(19-3)8-6-14/h4-10,13H,11,18H2,1-3H3/t13-/m1/s1. The number of nitrogens with two attached hydrogens (primary N) is 1. The molecule has 0 aliphatic carbocycles. The molecule has 0 heterocycles. The van der Waals surface area contributed by atoms with Crippen LogP contribution in [0.1, 0.15) is 29.7 Å². The summed E-state index contributed by atoms with van der Waals surface area (Å²) in [5.41, 5.74) is 9.32. The first-order valence-corrected chi connectivity index (χ1v) is 6.72. The summed E-state index contributed by atoms with van der Waals surface area (Å²) >= 11 is 0. The Bertz CT molecular complexity index is 562. The fourth-order valence-electron chi connectivity index (χ4n) is 2.04. The van der Waals surface area contributed by atoms with Gasteiger partial charge in [0.1, 0.15) is 18.1 Å². The highest BCUT2D eigenvalue weighted by Crippen LogP contribution is 2.26. The van der Waals surface area contributed by atoms with E-state index < -0.39 is 0 Å². The third kappa shape index (κ3) is 3.52. The minimum Gasteiger partial charge on any atom is -0.497 e. The van der Waals surface area contributed by atoms with Gasteiger partial charge in [0.2, 0.25) is 0 Å². The van der Waals surface area contributed by atoms with Crippen molar-refractivity contribution in [2.75, 3.05) is 7.11 Å². The van der Waals surface area contributed by atoms with Gasteiger partial charge in [0.05, 0.1) is 7.11 Å². The van der Waals surface area contributed by atoms with E-state index in [1.165, 1.54) is 5.56 Å². The van der Waals surface area contributed by atoms with Crippen LogP contribution < -0.4 is 15.2 Å². The maximum absolute atomic E-state index is 5.99. The Balaban J connectivity index is 2.10. The average Bonchev–Trinajstić information content (AvgIpc) is 2.46. The van der Waals surface area contributed by atoms with Gasteiger partial charge in [-0.05, 0) is 37.6 Å². The molecule has 0 amide bonds. The molecule has 1 atom stereocenters. The van der Waals surface area contributed by atoms with Gasteiger partial charge >= 0.3 is 0 Å². The molecular formula is C17H21NO2. The van der Waals surface area contributed by atoms with Gasteiger partial charge in [-0.3, -0.25) is 0 Å². The SMILES string of the molecule is COc1ccc(COc2ccc(C)cc2[C@@H](C)N)cc1. The van der Waals surface area contributed by atoms with Crippen molar-refractivity contribution in [2.24, 2.45) is 5.73 Å². The second kappa shape index (κ2) is 6.44. The summed E-state index contributed by atoms with van der Waals surface area (Å²) in [5, 5.41) is 0. The number of hydrogen-bond acceptors (Lipinski definition) is 3. The van der Waals surface area contributed by atoms with E-state index in [4.69, 9.17) is 15.2 Å². The van der Waals surface area contributed by atoms with Crippen molar-refractivity contribution >= 4 is 0 Å². The van der Waals surface area contributed by atoms with Gasteiger partial charge in [-0.15, -0.1) is 0 Å². The van der Waals surface area contributed by atoms with Gasteiger partial charge in [0, 0.05) is 11.6 Å². The van der Waals surface area contributed by atoms with E-state index in [0.29, 0.717) is 6.61 Å². The number of hydrogen-bond donors (Lipinski definition) is 1. The van der Waals surface area contributed by atoms with Crippen LogP contribution in [0, 0.1) is 6.92 Å². The van der Waals surface area contributed by atoms with Crippen molar-refractivity contribution < 1.29 is 9.47 Å². The van der Waals surface area contributed by atoms with Crippen LogP contribution in [0.4, 0.5) is 0 Å². The molecule has 2 rings (SSSR count). The highest BCUT2D eigenvalue weighted by atomic mass is 16.5. The molecule has 20 heavy (non-hydrogen) atoms. The molecule has 106 valence electrons. The van der Waals surface area contributed by atoms with Crippen LogP contribution in [0.25, 0.3) is 0 Å². The van der Waals surface area contributed by atoms with Crippen molar-refractivity contribution in [3.05, 3.63) is 59.2 Å². The van der Waals surface area contributed by atoms with Gasteiger partial charge in [-0.1, -0.05) is 29.8 Å². The maximum atomic E-state index is 5.99. The molecule has 0 saturated carbocycles. The number of aryl methyl sites for hydroxylation is 1. The molecule has 0 aliphatic heterocycles. The molecule has 3 heteroatoms. The Labute approximate surface area is 120 Å². The third-order valence-electron chi connectivity index (χ3n) is 3.21. The van der Waals surface area contributed by atoms with Crippen molar-refractivity contribution in [3.8, 4) is 11.5 Å². The highest BCUT2D eigenvalue weighted by Gasteiger charge is 2.08. The van der Waals surface area contributed by atoms with Crippen LogP contribution in [0.15, 0.2) is 42.5 Å². The van der Waals surface area contributed by atoms with Crippen molar-refractivity contribution in [1.82, 2.24) is 0 Å². The normalized spacial score (nSPS) is 12.0. The van der Waals surface area contributed by atoms with Crippen molar-refractivity contribution in [2.45, 2.75) is 26.5 Å². The first kappa shape index (κ1) is 14.4. The first-order valence-electron chi connectivity index (χ1n) is 6.72. The summed E-state index contributed by atoms with van der Waals surface area (Å²) in [6, 6.07) is 13.9. The second-order valence-electron chi connectivity index (χ2n) is 4.97. The zero-order valence-electron chi connectivity index (χ0n) is 12.2. The Morgan fingerprint density at radius 3 is 2.40 bits per heavy atom. The number of ether oxygens (including phenoxy) is 2. The van der Waals surface area contributed by atoms with Crippen LogP contribution in [-0.4, -0.2) is 7.11 Å². The maximum Gasteiger partial charge on any atom is 0.124 e. The van der Waals surface area contributed by atoms with E-state index in [0.717, 1.165) is 22.6 Å². The Morgan fingerprint density at radius 2 is 1.80 bits per heavy atom. The number of benzene rings is 2. The molecule has 2 aromatic rings. The lowest BCUT2D eigenvalue weighted by Crippen LogP contribution is -2.08. The largest absolute Gasteiger partial charge is 0.497 e. The van der Waals surface area contributed by atoms with Crippen LogP contribution in [0.5, 0.6) is 11.5 Å². The molecule has 0 fully saturated rings. The van der Waals surface area contributed by atoms with E-state index in [1.807, 2.05) is 43.3 Å². The summed E-state index contributed by atoms with van der Waals surface area (Å²) in [6.07, 6.45) is 0. The second-order valence-corrected chi connectivity index (χ2v) is 4.97. The summed E-state index contributed by atoms with van der Waals surface area (Å²) in [7, 11) is 1.66. The molecule has 0 unspecified atom stereocenters. The number of rotatable bonds is 5. The van der Waals surface area contributed by atoms with Gasteiger partial charge in [0.15, 0.2) is 0 Å². The zero-order valence-corrected chi connectivity index (χ0v) is 12.2. The minimum atomic E-state index is -0.0410. The fourth-order valence-corrected chi connectivity index (χ4v) is 2.04. The van der Waals surface area contributed by atoms with E-state index in [1.54, 1.807) is 7.11 Å². The molecule has 2 N–H and O–H groups in total. The van der Waals surface area contributed by atoms with Gasteiger partial charge < -0.3 is 15.2 Å². The van der Waals surface area contributed by atoms with E-state index in [2.05, 4.69) is 13.0 Å². The summed E-state index contributed by atoms with van der Waals surface area (Å²) in [6.45, 7) is 4.54. The Hall–Kier alpha value is -2.00. The fraction of sp³-hybridized carbons (Fsp3) is 0.294. The Morgan fingerprint density at radius 1 is 1.10 bits per heavy atom. The molecule has 0 aromatic heterocycles. The minimum absolute atomic E-state index is 0.0410. The smallest absolute Gasteiger partial charge is 0.124 e. The molecule has 0 spiro atoms. The van der Waals surface area contributed by atoms with E-state index >= 15 is 0 Å². The van der Waals surface area contributed by atoms with Gasteiger partial charge in [-0.25, -0.2) is 0 Å². The predicted octanol–water partition coefficient (Wildman–Crippen LogP) is 3.60. The van der Waals surface area contributed by atoms with Crippen LogP contribution >= 0.6 is 0 Å². The average molecular weight is 271 g/mol. The predicted molar refractivity (Wildman–Crippen MR) is 81.1 cm³/mol. The molecule has 0 bridgehead atoms. The van der Waals surface area contributed by atoms with Gasteiger partial charge in [0.25, 0.3) is 0 Å². The lowest BCUT2D eigenvalue weighted by Gasteiger charge is -2.15. The van der Waals surface area contributed by atoms with E-state index in [-0.39, 0.29) is 6.04 Å². The third-order valence-corrected chi connectivity index (χ3v) is 3.21. The Kier molecular flexibility index (Phi) is 4.64. The molecule has 0 saturated heterocycles. The molecule has 0 radical (unpaired) electrons. The van der Waals surface area contributed by atoms with Crippen molar-refractivity contribution in [1.29, 1.82) is 0 Å². The van der Waals surface area contributed by atoms with Crippen molar-refractivity contribution in [3.63, 3.8) is 0 Å². The van der Waals surface area contributed by atoms with Crippen LogP contribution in [-0.2, 0) is 6.61 Å². The van der Waals surface area contributed by atoms with Gasteiger partial charge in [-0.2, -0.15) is 0 Å². The monoisotopic (exact) mass is 271 g/mol. The quantitative estimate of drug-likeness (QED) is 0.903. The lowest BCUT2D eigenvalue weighted by atomic mass is 10.1. The molecule has 0 aliphatic rings. The van der Waals surface area contributed by atoms with Crippen LogP contribution in [0.2, 0.25) is 0 Å². The zero-order chi connectivity index (χ0) is 14.5. The summed E-state index contributed by atoms with van der Waals surface area (Å²) in [4.78, 5) is 0. The highest BCUT2D eigenvalue weighted by molar-refractivity contribution is 5.39. The summed E-state index contributed by atoms with van der Waals surface area (Å²) < 4.78 is 11.0.